The van der Waals surface area contributed by atoms with E-state index in [1.807, 2.05) is 12.1 Å². The first-order valence-electron chi connectivity index (χ1n) is 9.36. The predicted molar refractivity (Wildman–Crippen MR) is 95.1 cm³/mol. The molecular weight excluding hydrogens is 316 g/mol. The van der Waals surface area contributed by atoms with Gasteiger partial charge in [0, 0.05) is 19.0 Å². The SMILES string of the molecule is O=C(CCn1nnc2ccccc2c1=O)N1CCC[C@H]1C1CCCC1. The van der Waals surface area contributed by atoms with Gasteiger partial charge in [0.25, 0.3) is 5.56 Å². The standard InChI is InChI=1S/C19H24N4O2/c24-18(22-12-5-10-17(22)14-6-1-2-7-14)11-13-23-19(25)15-8-3-4-9-16(15)20-21-23/h3-4,8-9,14,17H,1-2,5-7,10-13H2/t17-/m0/s1. The van der Waals surface area contributed by atoms with E-state index in [1.165, 1.54) is 30.4 Å². The number of rotatable bonds is 4. The molecule has 132 valence electrons. The number of hydrogen-bond donors (Lipinski definition) is 0. The second kappa shape index (κ2) is 6.94. The lowest BCUT2D eigenvalue weighted by Gasteiger charge is -2.29. The highest BCUT2D eigenvalue weighted by molar-refractivity contribution is 5.77. The Labute approximate surface area is 146 Å². The molecule has 1 aliphatic carbocycles. The lowest BCUT2D eigenvalue weighted by atomic mass is 9.96. The molecule has 2 aromatic rings. The van der Waals surface area contributed by atoms with E-state index in [0.717, 1.165) is 19.4 Å². The van der Waals surface area contributed by atoms with E-state index in [-0.39, 0.29) is 11.5 Å². The van der Waals surface area contributed by atoms with E-state index in [4.69, 9.17) is 0 Å². The van der Waals surface area contributed by atoms with Crippen molar-refractivity contribution in [3.63, 3.8) is 0 Å². The van der Waals surface area contributed by atoms with Crippen LogP contribution in [0.25, 0.3) is 10.9 Å². The molecule has 6 heteroatoms. The molecule has 0 bridgehead atoms. The first kappa shape index (κ1) is 16.2. The van der Waals surface area contributed by atoms with Gasteiger partial charge in [0.05, 0.1) is 11.9 Å². The molecule has 0 radical (unpaired) electrons. The lowest BCUT2D eigenvalue weighted by Crippen LogP contribution is -2.40. The summed E-state index contributed by atoms with van der Waals surface area (Å²) in [6.07, 6.45) is 7.65. The van der Waals surface area contributed by atoms with Crippen LogP contribution >= 0.6 is 0 Å². The van der Waals surface area contributed by atoms with E-state index in [1.54, 1.807) is 12.1 Å². The predicted octanol–water partition coefficient (Wildman–Crippen LogP) is 2.36. The van der Waals surface area contributed by atoms with Crippen LogP contribution in [-0.4, -0.2) is 38.4 Å². The third-order valence-corrected chi connectivity index (χ3v) is 5.73. The minimum atomic E-state index is -0.174. The van der Waals surface area contributed by atoms with Crippen LogP contribution in [0.2, 0.25) is 0 Å². The van der Waals surface area contributed by atoms with Crippen LogP contribution in [0.1, 0.15) is 44.9 Å². The number of carbonyl (C=O) groups is 1. The van der Waals surface area contributed by atoms with E-state index in [2.05, 4.69) is 15.2 Å². The maximum atomic E-state index is 12.7. The molecule has 1 aromatic carbocycles. The van der Waals surface area contributed by atoms with E-state index >= 15 is 0 Å². The van der Waals surface area contributed by atoms with Crippen LogP contribution < -0.4 is 5.56 Å². The van der Waals surface area contributed by atoms with Gasteiger partial charge in [0.2, 0.25) is 5.91 Å². The van der Waals surface area contributed by atoms with Crippen LogP contribution in [0.5, 0.6) is 0 Å². The van der Waals surface area contributed by atoms with Gasteiger partial charge in [-0.15, -0.1) is 5.10 Å². The van der Waals surface area contributed by atoms with Crippen LogP contribution in [0.15, 0.2) is 29.1 Å². The number of amides is 1. The summed E-state index contributed by atoms with van der Waals surface area (Å²) >= 11 is 0. The maximum absolute atomic E-state index is 12.7. The quantitative estimate of drug-likeness (QED) is 0.857. The zero-order chi connectivity index (χ0) is 17.2. The Morgan fingerprint density at radius 3 is 2.76 bits per heavy atom. The lowest BCUT2D eigenvalue weighted by molar-refractivity contribution is -0.133. The minimum Gasteiger partial charge on any atom is -0.339 e. The molecule has 1 amide bonds. The number of carbonyl (C=O) groups excluding carboxylic acids is 1. The molecule has 0 unspecified atom stereocenters. The monoisotopic (exact) mass is 340 g/mol. The fourth-order valence-electron chi connectivity index (χ4n) is 4.45. The molecule has 25 heavy (non-hydrogen) atoms. The summed E-state index contributed by atoms with van der Waals surface area (Å²) in [6, 6.07) is 7.59. The van der Waals surface area contributed by atoms with Gasteiger partial charge >= 0.3 is 0 Å². The third-order valence-electron chi connectivity index (χ3n) is 5.73. The Kier molecular flexibility index (Phi) is 4.51. The summed E-state index contributed by atoms with van der Waals surface area (Å²) in [4.78, 5) is 27.3. The smallest absolute Gasteiger partial charge is 0.277 e. The fourth-order valence-corrected chi connectivity index (χ4v) is 4.45. The summed E-state index contributed by atoms with van der Waals surface area (Å²) in [5, 5.41) is 8.62. The van der Waals surface area contributed by atoms with Gasteiger partial charge in [-0.05, 0) is 43.7 Å². The molecule has 2 aliphatic rings. The highest BCUT2D eigenvalue weighted by Crippen LogP contribution is 2.35. The zero-order valence-electron chi connectivity index (χ0n) is 14.4. The Morgan fingerprint density at radius 2 is 1.92 bits per heavy atom. The molecule has 0 N–H and O–H groups in total. The number of likely N-dealkylation sites (tertiary alicyclic amines) is 1. The molecule has 1 aliphatic heterocycles. The van der Waals surface area contributed by atoms with Gasteiger partial charge in [0.1, 0.15) is 5.52 Å². The first-order valence-corrected chi connectivity index (χ1v) is 9.36. The van der Waals surface area contributed by atoms with E-state index in [0.29, 0.717) is 35.8 Å². The second-order valence-electron chi connectivity index (χ2n) is 7.23. The van der Waals surface area contributed by atoms with Gasteiger partial charge in [-0.3, -0.25) is 9.59 Å². The van der Waals surface area contributed by atoms with Crippen molar-refractivity contribution in [2.24, 2.45) is 5.92 Å². The first-order chi connectivity index (χ1) is 12.2. The minimum absolute atomic E-state index is 0.149. The second-order valence-corrected chi connectivity index (χ2v) is 7.23. The zero-order valence-corrected chi connectivity index (χ0v) is 14.4. The fraction of sp³-hybridized carbons (Fsp3) is 0.579. The summed E-state index contributed by atoms with van der Waals surface area (Å²) in [7, 11) is 0. The van der Waals surface area contributed by atoms with Gasteiger partial charge in [-0.2, -0.15) is 0 Å². The Morgan fingerprint density at radius 1 is 1.12 bits per heavy atom. The van der Waals surface area contributed by atoms with Crippen molar-refractivity contribution in [3.05, 3.63) is 34.6 Å². The van der Waals surface area contributed by atoms with Crippen molar-refractivity contribution < 1.29 is 4.79 Å². The van der Waals surface area contributed by atoms with Crippen LogP contribution in [0.4, 0.5) is 0 Å². The number of aromatic nitrogens is 3. The maximum Gasteiger partial charge on any atom is 0.277 e. The largest absolute Gasteiger partial charge is 0.339 e. The number of aryl methyl sites for hydroxylation is 1. The van der Waals surface area contributed by atoms with Gasteiger partial charge in [-0.25, -0.2) is 4.68 Å². The normalized spacial score (nSPS) is 21.3. The van der Waals surface area contributed by atoms with Crippen molar-refractivity contribution in [1.29, 1.82) is 0 Å². The van der Waals surface area contributed by atoms with Gasteiger partial charge < -0.3 is 4.90 Å². The van der Waals surface area contributed by atoms with E-state index < -0.39 is 0 Å². The molecular formula is C19H24N4O2. The van der Waals surface area contributed by atoms with Crippen LogP contribution in [-0.2, 0) is 11.3 Å². The molecule has 1 saturated heterocycles. The highest BCUT2D eigenvalue weighted by Gasteiger charge is 2.35. The number of benzene rings is 1. The van der Waals surface area contributed by atoms with Crippen molar-refractivity contribution in [2.75, 3.05) is 6.54 Å². The molecule has 4 rings (SSSR count). The molecule has 6 nitrogen and oxygen atoms in total. The summed E-state index contributed by atoms with van der Waals surface area (Å²) in [6.45, 7) is 1.15. The Bertz CT molecular complexity index is 826. The third kappa shape index (κ3) is 3.17. The molecule has 2 fully saturated rings. The van der Waals surface area contributed by atoms with Crippen molar-refractivity contribution in [1.82, 2.24) is 19.9 Å². The van der Waals surface area contributed by atoms with Gasteiger partial charge in [0.15, 0.2) is 0 Å². The summed E-state index contributed by atoms with van der Waals surface area (Å²) < 4.78 is 1.32. The highest BCUT2D eigenvalue weighted by atomic mass is 16.2. The average molecular weight is 340 g/mol. The molecule has 2 heterocycles. The number of fused-ring (bicyclic) bond motifs is 1. The summed E-state index contributed by atoms with van der Waals surface area (Å²) in [5.74, 6) is 0.825. The van der Waals surface area contributed by atoms with Crippen molar-refractivity contribution in [2.45, 2.75) is 57.5 Å². The van der Waals surface area contributed by atoms with Crippen molar-refractivity contribution >= 4 is 16.8 Å². The molecule has 1 saturated carbocycles. The molecule has 1 aromatic heterocycles. The summed E-state index contributed by atoms with van der Waals surface area (Å²) in [5.41, 5.74) is 0.420. The van der Waals surface area contributed by atoms with Crippen molar-refractivity contribution in [3.8, 4) is 0 Å². The van der Waals surface area contributed by atoms with E-state index in [9.17, 15) is 9.59 Å². The Balaban J connectivity index is 1.45. The number of hydrogen-bond acceptors (Lipinski definition) is 4. The Hall–Kier alpha value is -2.24. The molecule has 1 atom stereocenters. The number of nitrogens with zero attached hydrogens (tertiary/aromatic N) is 4. The average Bonchev–Trinajstić information content (AvgIpc) is 3.32. The topological polar surface area (TPSA) is 68.1 Å². The van der Waals surface area contributed by atoms with Crippen LogP contribution in [0.3, 0.4) is 0 Å². The molecule has 0 spiro atoms. The van der Waals surface area contributed by atoms with Crippen LogP contribution in [0, 0.1) is 5.92 Å². The van der Waals surface area contributed by atoms with Gasteiger partial charge in [-0.1, -0.05) is 30.2 Å².